The van der Waals surface area contributed by atoms with Gasteiger partial charge in [0.15, 0.2) is 0 Å². The first-order valence-electron chi connectivity index (χ1n) is 4.12. The first-order valence-corrected chi connectivity index (χ1v) is 4.12. The number of urea groups is 1. The molecule has 14 heavy (non-hydrogen) atoms. The van der Waals surface area contributed by atoms with Gasteiger partial charge in [-0.15, -0.1) is 0 Å². The Balaban J connectivity index is 2.54. The van der Waals surface area contributed by atoms with Crippen LogP contribution in [0.3, 0.4) is 0 Å². The Morgan fingerprint density at radius 2 is 2.07 bits per heavy atom. The second-order valence-electron chi connectivity index (χ2n) is 2.59. The highest BCUT2D eigenvalue weighted by Crippen LogP contribution is 2.15. The number of benzene rings is 1. The van der Waals surface area contributed by atoms with E-state index >= 15 is 0 Å². The molecule has 5 nitrogen and oxygen atoms in total. The predicted molar refractivity (Wildman–Crippen MR) is 52.2 cm³/mol. The second-order valence-corrected chi connectivity index (χ2v) is 2.59. The Labute approximate surface area is 81.5 Å². The maximum Gasteiger partial charge on any atom is 0.316 e. The van der Waals surface area contributed by atoms with E-state index in [2.05, 4.69) is 5.32 Å². The van der Waals surface area contributed by atoms with Crippen LogP contribution in [0.5, 0.6) is 5.75 Å². The number of aliphatic hydroxyl groups is 1. The van der Waals surface area contributed by atoms with Crippen molar-refractivity contribution >= 4 is 11.7 Å². The van der Waals surface area contributed by atoms with E-state index in [-0.39, 0.29) is 13.2 Å². The monoisotopic (exact) mass is 196 g/mol. The largest absolute Gasteiger partial charge is 0.491 e. The van der Waals surface area contributed by atoms with Gasteiger partial charge in [0.1, 0.15) is 12.4 Å². The van der Waals surface area contributed by atoms with Crippen LogP contribution < -0.4 is 15.8 Å². The van der Waals surface area contributed by atoms with E-state index in [0.29, 0.717) is 11.4 Å². The van der Waals surface area contributed by atoms with Crippen molar-refractivity contribution in [2.24, 2.45) is 5.73 Å². The van der Waals surface area contributed by atoms with Crippen molar-refractivity contribution in [1.82, 2.24) is 0 Å². The van der Waals surface area contributed by atoms with Crippen molar-refractivity contribution in [3.63, 3.8) is 0 Å². The molecule has 0 fully saturated rings. The smallest absolute Gasteiger partial charge is 0.316 e. The van der Waals surface area contributed by atoms with Crippen molar-refractivity contribution in [3.05, 3.63) is 24.3 Å². The van der Waals surface area contributed by atoms with Crippen LogP contribution >= 0.6 is 0 Å². The molecule has 1 rings (SSSR count). The SMILES string of the molecule is NC(=O)Nc1ccc(OCCO)cc1. The Hall–Kier alpha value is -1.75. The number of ether oxygens (including phenoxy) is 1. The molecule has 0 unspecified atom stereocenters. The van der Waals surface area contributed by atoms with Crippen LogP contribution in [0.2, 0.25) is 0 Å². The molecule has 5 heteroatoms. The zero-order valence-corrected chi connectivity index (χ0v) is 7.56. The number of aliphatic hydroxyl groups excluding tert-OH is 1. The molecule has 0 aliphatic carbocycles. The van der Waals surface area contributed by atoms with Crippen molar-refractivity contribution in [2.45, 2.75) is 0 Å². The van der Waals surface area contributed by atoms with Crippen LogP contribution in [0, 0.1) is 0 Å². The fourth-order valence-electron chi connectivity index (χ4n) is 0.940. The molecule has 0 saturated carbocycles. The number of anilines is 1. The fourth-order valence-corrected chi connectivity index (χ4v) is 0.940. The highest BCUT2D eigenvalue weighted by Gasteiger charge is 1.96. The van der Waals surface area contributed by atoms with Gasteiger partial charge in [-0.1, -0.05) is 0 Å². The summed E-state index contributed by atoms with van der Waals surface area (Å²) in [5.74, 6) is 0.633. The summed E-state index contributed by atoms with van der Waals surface area (Å²) >= 11 is 0. The first-order chi connectivity index (χ1) is 6.72. The van der Waals surface area contributed by atoms with Gasteiger partial charge < -0.3 is 20.9 Å². The Kier molecular flexibility index (Phi) is 3.75. The van der Waals surface area contributed by atoms with Gasteiger partial charge in [-0.3, -0.25) is 0 Å². The van der Waals surface area contributed by atoms with Gasteiger partial charge in [0.25, 0.3) is 0 Å². The van der Waals surface area contributed by atoms with Crippen molar-refractivity contribution in [3.8, 4) is 5.75 Å². The number of amides is 2. The third-order valence-electron chi connectivity index (χ3n) is 1.48. The predicted octanol–water partition coefficient (Wildman–Crippen LogP) is 0.548. The van der Waals surface area contributed by atoms with Crippen LogP contribution in [0.15, 0.2) is 24.3 Å². The van der Waals surface area contributed by atoms with Crippen LogP contribution in [0.4, 0.5) is 10.5 Å². The van der Waals surface area contributed by atoms with Crippen LogP contribution in [0.25, 0.3) is 0 Å². The van der Waals surface area contributed by atoms with E-state index in [1.54, 1.807) is 24.3 Å². The molecule has 0 aromatic heterocycles. The van der Waals surface area contributed by atoms with Crippen molar-refractivity contribution in [2.75, 3.05) is 18.5 Å². The summed E-state index contributed by atoms with van der Waals surface area (Å²) in [6.45, 7) is 0.226. The van der Waals surface area contributed by atoms with Crippen LogP contribution in [-0.4, -0.2) is 24.4 Å². The summed E-state index contributed by atoms with van der Waals surface area (Å²) in [6, 6.07) is 6.09. The van der Waals surface area contributed by atoms with E-state index in [4.69, 9.17) is 15.6 Å². The van der Waals surface area contributed by atoms with E-state index in [9.17, 15) is 4.79 Å². The Bertz CT molecular complexity index is 297. The number of hydrogen-bond donors (Lipinski definition) is 3. The topological polar surface area (TPSA) is 84.6 Å². The lowest BCUT2D eigenvalue weighted by atomic mass is 10.3. The second kappa shape index (κ2) is 5.08. The lowest BCUT2D eigenvalue weighted by molar-refractivity contribution is 0.201. The third kappa shape index (κ3) is 3.32. The third-order valence-corrected chi connectivity index (χ3v) is 1.48. The molecule has 0 radical (unpaired) electrons. The molecule has 0 spiro atoms. The summed E-state index contributed by atoms with van der Waals surface area (Å²) in [5.41, 5.74) is 5.53. The number of nitrogens with two attached hydrogens (primary N) is 1. The van der Waals surface area contributed by atoms with Crippen molar-refractivity contribution < 1.29 is 14.6 Å². The lowest BCUT2D eigenvalue weighted by Crippen LogP contribution is -2.19. The quantitative estimate of drug-likeness (QED) is 0.657. The number of carbonyl (C=O) groups excluding carboxylic acids is 1. The Morgan fingerprint density at radius 1 is 1.43 bits per heavy atom. The molecule has 2 amide bonds. The summed E-state index contributed by atoms with van der Waals surface area (Å²) in [5, 5.41) is 10.9. The summed E-state index contributed by atoms with van der Waals surface area (Å²) in [6.07, 6.45) is 0. The van der Waals surface area contributed by atoms with Gasteiger partial charge in [-0.05, 0) is 24.3 Å². The van der Waals surface area contributed by atoms with Crippen molar-refractivity contribution in [1.29, 1.82) is 0 Å². The van der Waals surface area contributed by atoms with Crippen LogP contribution in [-0.2, 0) is 0 Å². The lowest BCUT2D eigenvalue weighted by Gasteiger charge is -2.05. The van der Waals surface area contributed by atoms with E-state index in [1.807, 2.05) is 0 Å². The zero-order valence-electron chi connectivity index (χ0n) is 7.56. The number of nitrogens with one attached hydrogen (secondary N) is 1. The molecule has 1 aromatic rings. The summed E-state index contributed by atoms with van der Waals surface area (Å²) in [4.78, 5) is 10.5. The summed E-state index contributed by atoms with van der Waals surface area (Å²) in [7, 11) is 0. The van der Waals surface area contributed by atoms with Gasteiger partial charge in [-0.25, -0.2) is 4.79 Å². The molecule has 0 heterocycles. The van der Waals surface area contributed by atoms with Gasteiger partial charge in [0.05, 0.1) is 6.61 Å². The van der Waals surface area contributed by atoms with E-state index in [0.717, 1.165) is 0 Å². The minimum atomic E-state index is -0.603. The minimum Gasteiger partial charge on any atom is -0.491 e. The number of hydrogen-bond acceptors (Lipinski definition) is 3. The zero-order chi connectivity index (χ0) is 10.4. The van der Waals surface area contributed by atoms with E-state index < -0.39 is 6.03 Å². The molecule has 4 N–H and O–H groups in total. The van der Waals surface area contributed by atoms with Gasteiger partial charge in [0, 0.05) is 5.69 Å². The number of rotatable bonds is 4. The van der Waals surface area contributed by atoms with Crippen LogP contribution in [0.1, 0.15) is 0 Å². The highest BCUT2D eigenvalue weighted by atomic mass is 16.5. The number of carbonyl (C=O) groups is 1. The molecular weight excluding hydrogens is 184 g/mol. The Morgan fingerprint density at radius 3 is 2.57 bits per heavy atom. The standard InChI is InChI=1S/C9H12N2O3/c10-9(13)11-7-1-3-8(4-2-7)14-6-5-12/h1-4,12H,5-6H2,(H3,10,11,13). The average molecular weight is 196 g/mol. The molecular formula is C9H12N2O3. The average Bonchev–Trinajstić information content (AvgIpc) is 2.16. The fraction of sp³-hybridized carbons (Fsp3) is 0.222. The molecule has 0 aliphatic heterocycles. The normalized spacial score (nSPS) is 9.50. The number of primary amides is 1. The minimum absolute atomic E-state index is 0.0265. The maximum atomic E-state index is 10.5. The van der Waals surface area contributed by atoms with Gasteiger partial charge in [-0.2, -0.15) is 0 Å². The van der Waals surface area contributed by atoms with Gasteiger partial charge in [0.2, 0.25) is 0 Å². The van der Waals surface area contributed by atoms with E-state index in [1.165, 1.54) is 0 Å². The molecule has 0 bridgehead atoms. The molecule has 0 aliphatic rings. The maximum absolute atomic E-state index is 10.5. The molecule has 76 valence electrons. The summed E-state index contributed by atoms with van der Waals surface area (Å²) < 4.78 is 5.12. The van der Waals surface area contributed by atoms with Gasteiger partial charge >= 0.3 is 6.03 Å². The molecule has 0 saturated heterocycles. The first kappa shape index (κ1) is 10.3. The molecule has 0 atom stereocenters. The highest BCUT2D eigenvalue weighted by molar-refractivity contribution is 5.87. The molecule has 1 aromatic carbocycles.